The van der Waals surface area contributed by atoms with E-state index in [0.717, 1.165) is 16.7 Å². The molecule has 4 nitrogen and oxygen atoms in total. The second-order valence-corrected chi connectivity index (χ2v) is 7.20. The molecule has 1 amide bonds. The predicted octanol–water partition coefficient (Wildman–Crippen LogP) is 3.70. The van der Waals surface area contributed by atoms with Crippen molar-refractivity contribution in [2.24, 2.45) is 0 Å². The summed E-state index contributed by atoms with van der Waals surface area (Å²) in [6, 6.07) is 8.75. The Morgan fingerprint density at radius 2 is 1.76 bits per heavy atom. The quantitative estimate of drug-likeness (QED) is 0.852. The van der Waals surface area contributed by atoms with Gasteiger partial charge < -0.3 is 10.0 Å². The SMILES string of the molecule is Cc1cc(C)c(C(=O)C[C@]2(O)C(=O)N(C)c3ccc(Cl)cc32)c(C)c1. The van der Waals surface area contributed by atoms with Gasteiger partial charge in [-0.3, -0.25) is 9.59 Å². The number of aliphatic hydroxyl groups is 1. The number of fused-ring (bicyclic) bond motifs is 1. The number of anilines is 1. The number of amides is 1. The van der Waals surface area contributed by atoms with Crippen molar-refractivity contribution in [3.8, 4) is 0 Å². The monoisotopic (exact) mass is 357 g/mol. The van der Waals surface area contributed by atoms with E-state index >= 15 is 0 Å². The van der Waals surface area contributed by atoms with E-state index in [-0.39, 0.29) is 12.2 Å². The number of hydrogen-bond donors (Lipinski definition) is 1. The van der Waals surface area contributed by atoms with Gasteiger partial charge in [-0.25, -0.2) is 0 Å². The third-order valence-electron chi connectivity index (χ3n) is 4.80. The van der Waals surface area contributed by atoms with Crippen molar-refractivity contribution in [3.63, 3.8) is 0 Å². The fourth-order valence-electron chi connectivity index (χ4n) is 3.75. The van der Waals surface area contributed by atoms with Crippen LogP contribution in [0.4, 0.5) is 5.69 Å². The number of carbonyl (C=O) groups excluding carboxylic acids is 2. The smallest absolute Gasteiger partial charge is 0.263 e. The van der Waals surface area contributed by atoms with E-state index in [9.17, 15) is 14.7 Å². The molecule has 2 aromatic rings. The highest BCUT2D eigenvalue weighted by Gasteiger charge is 2.50. The van der Waals surface area contributed by atoms with Crippen LogP contribution in [0.3, 0.4) is 0 Å². The second kappa shape index (κ2) is 5.97. The average Bonchev–Trinajstić information content (AvgIpc) is 2.68. The second-order valence-electron chi connectivity index (χ2n) is 6.76. The summed E-state index contributed by atoms with van der Waals surface area (Å²) in [7, 11) is 1.58. The molecule has 0 aromatic heterocycles. The molecule has 0 aliphatic carbocycles. The van der Waals surface area contributed by atoms with Crippen molar-refractivity contribution in [2.75, 3.05) is 11.9 Å². The summed E-state index contributed by atoms with van der Waals surface area (Å²) in [6.07, 6.45) is -0.311. The summed E-state index contributed by atoms with van der Waals surface area (Å²) in [4.78, 5) is 27.0. The first kappa shape index (κ1) is 17.6. The summed E-state index contributed by atoms with van der Waals surface area (Å²) >= 11 is 6.04. The van der Waals surface area contributed by atoms with E-state index < -0.39 is 11.5 Å². The van der Waals surface area contributed by atoms with Crippen molar-refractivity contribution >= 4 is 29.0 Å². The number of halogens is 1. The molecule has 0 radical (unpaired) electrons. The van der Waals surface area contributed by atoms with E-state index in [2.05, 4.69) is 0 Å². The van der Waals surface area contributed by atoms with Crippen LogP contribution in [-0.2, 0) is 10.4 Å². The van der Waals surface area contributed by atoms with Crippen molar-refractivity contribution < 1.29 is 14.7 Å². The standard InChI is InChI=1S/C20H20ClNO3/c1-11-7-12(2)18(13(3)8-11)17(23)10-20(25)15-9-14(21)5-6-16(15)22(4)19(20)24/h5-9,25H,10H2,1-4H3/t20-/m1/s1. The maximum absolute atomic E-state index is 12.9. The molecule has 0 bridgehead atoms. The molecule has 3 rings (SSSR count). The molecule has 1 aliphatic heterocycles. The molecule has 1 atom stereocenters. The molecule has 0 spiro atoms. The van der Waals surface area contributed by atoms with Crippen LogP contribution in [-0.4, -0.2) is 23.8 Å². The van der Waals surface area contributed by atoms with Crippen LogP contribution in [0.15, 0.2) is 30.3 Å². The van der Waals surface area contributed by atoms with Crippen LogP contribution in [0.25, 0.3) is 0 Å². The predicted molar refractivity (Wildman–Crippen MR) is 98.4 cm³/mol. The Kier molecular flexibility index (Phi) is 4.21. The Bertz CT molecular complexity index is 883. The van der Waals surface area contributed by atoms with Crippen molar-refractivity contribution in [3.05, 3.63) is 63.2 Å². The first-order valence-electron chi connectivity index (χ1n) is 8.07. The number of carbonyl (C=O) groups is 2. The number of likely N-dealkylation sites (N-methyl/N-ethyl adjacent to an activating group) is 1. The van der Waals surface area contributed by atoms with E-state index in [0.29, 0.717) is 21.8 Å². The third-order valence-corrected chi connectivity index (χ3v) is 5.03. The Labute approximate surface area is 152 Å². The minimum absolute atomic E-state index is 0.257. The maximum Gasteiger partial charge on any atom is 0.263 e. The van der Waals surface area contributed by atoms with E-state index in [4.69, 9.17) is 11.6 Å². The summed E-state index contributed by atoms with van der Waals surface area (Å²) in [6.45, 7) is 5.70. The topological polar surface area (TPSA) is 57.6 Å². The fraction of sp³-hybridized carbons (Fsp3) is 0.300. The van der Waals surface area contributed by atoms with Gasteiger partial charge in [-0.1, -0.05) is 29.3 Å². The van der Waals surface area contributed by atoms with Crippen LogP contribution in [0.2, 0.25) is 5.02 Å². The highest BCUT2D eigenvalue weighted by Crippen LogP contribution is 2.43. The Balaban J connectivity index is 2.05. The van der Waals surface area contributed by atoms with Gasteiger partial charge in [0.1, 0.15) is 0 Å². The molecule has 0 unspecified atom stereocenters. The number of ketones is 1. The molecule has 5 heteroatoms. The highest BCUT2D eigenvalue weighted by atomic mass is 35.5. The molecule has 1 aliphatic rings. The molecule has 2 aromatic carbocycles. The van der Waals surface area contributed by atoms with Gasteiger partial charge in [-0.2, -0.15) is 0 Å². The molecule has 130 valence electrons. The highest BCUT2D eigenvalue weighted by molar-refractivity contribution is 6.31. The lowest BCUT2D eigenvalue weighted by Gasteiger charge is -2.22. The van der Waals surface area contributed by atoms with Gasteiger partial charge in [0.05, 0.1) is 12.1 Å². The van der Waals surface area contributed by atoms with E-state index in [1.165, 1.54) is 4.90 Å². The summed E-state index contributed by atoms with van der Waals surface area (Å²) in [5.41, 5.74) is 2.37. The van der Waals surface area contributed by atoms with Crippen molar-refractivity contribution in [1.29, 1.82) is 0 Å². The van der Waals surface area contributed by atoms with Gasteiger partial charge >= 0.3 is 0 Å². The normalized spacial score (nSPS) is 19.3. The first-order chi connectivity index (χ1) is 11.6. The summed E-state index contributed by atoms with van der Waals surface area (Å²) in [5.74, 6) is -0.771. The summed E-state index contributed by atoms with van der Waals surface area (Å²) in [5, 5.41) is 11.5. The summed E-state index contributed by atoms with van der Waals surface area (Å²) < 4.78 is 0. The van der Waals surface area contributed by atoms with Crippen LogP contribution in [0.5, 0.6) is 0 Å². The lowest BCUT2D eigenvalue weighted by atomic mass is 9.85. The van der Waals surface area contributed by atoms with Gasteiger partial charge in [0.15, 0.2) is 11.4 Å². The van der Waals surface area contributed by atoms with Gasteiger partial charge in [0, 0.05) is 23.2 Å². The molecule has 1 N–H and O–H groups in total. The zero-order chi connectivity index (χ0) is 18.5. The van der Waals surface area contributed by atoms with Crippen LogP contribution >= 0.6 is 11.6 Å². The fourth-order valence-corrected chi connectivity index (χ4v) is 3.92. The molecule has 0 saturated heterocycles. The van der Waals surface area contributed by atoms with Crippen LogP contribution < -0.4 is 4.90 Å². The lowest BCUT2D eigenvalue weighted by Crippen LogP contribution is -2.40. The van der Waals surface area contributed by atoms with Gasteiger partial charge in [0.25, 0.3) is 5.91 Å². The minimum Gasteiger partial charge on any atom is -0.375 e. The molecule has 1 heterocycles. The number of aryl methyl sites for hydroxylation is 3. The number of benzene rings is 2. The zero-order valence-corrected chi connectivity index (χ0v) is 15.4. The molecule has 25 heavy (non-hydrogen) atoms. The van der Waals surface area contributed by atoms with Crippen LogP contribution in [0.1, 0.15) is 39.0 Å². The first-order valence-corrected chi connectivity index (χ1v) is 8.44. The third kappa shape index (κ3) is 2.75. The molecule has 0 saturated carbocycles. The van der Waals surface area contributed by atoms with Crippen molar-refractivity contribution in [1.82, 2.24) is 0 Å². The maximum atomic E-state index is 12.9. The Hall–Kier alpha value is -2.17. The van der Waals surface area contributed by atoms with Gasteiger partial charge in [0.2, 0.25) is 0 Å². The number of Topliss-reactive ketones (excluding diaryl/α,β-unsaturated/α-hetero) is 1. The van der Waals surface area contributed by atoms with Gasteiger partial charge in [-0.05, 0) is 50.1 Å². The number of rotatable bonds is 3. The number of nitrogens with zero attached hydrogens (tertiary/aromatic N) is 1. The molecule has 0 fully saturated rings. The Morgan fingerprint density at radius 3 is 2.36 bits per heavy atom. The average molecular weight is 358 g/mol. The Morgan fingerprint density at radius 1 is 1.16 bits per heavy atom. The zero-order valence-electron chi connectivity index (χ0n) is 14.7. The minimum atomic E-state index is -1.89. The largest absolute Gasteiger partial charge is 0.375 e. The molecular weight excluding hydrogens is 338 g/mol. The lowest BCUT2D eigenvalue weighted by molar-refractivity contribution is -0.135. The van der Waals surface area contributed by atoms with Gasteiger partial charge in [-0.15, -0.1) is 0 Å². The van der Waals surface area contributed by atoms with E-state index in [1.54, 1.807) is 25.2 Å². The number of hydrogen-bond acceptors (Lipinski definition) is 3. The van der Waals surface area contributed by atoms with Crippen molar-refractivity contribution in [2.45, 2.75) is 32.8 Å². The molecular formula is C20H20ClNO3. The van der Waals surface area contributed by atoms with E-state index in [1.807, 2.05) is 32.9 Å². The van der Waals surface area contributed by atoms with Crippen LogP contribution in [0, 0.1) is 20.8 Å².